The molecule has 0 unspecified atom stereocenters. The standard InChI is InChI=1S/C6H12NO.C2H2ClO.Sn/c1-3-4-5-6(8)7-2;3-1-2-4;/h2-5H2,1H3,(H,7,8);1H2;. The van der Waals surface area contributed by atoms with Crippen LogP contribution >= 0.6 is 11.6 Å². The molecule has 0 bridgehead atoms. The van der Waals surface area contributed by atoms with Crippen LogP contribution in [0.3, 0.4) is 0 Å². The molecule has 0 aliphatic heterocycles. The summed E-state index contributed by atoms with van der Waals surface area (Å²) < 4.78 is 0.721. The molecule has 0 saturated carbocycles. The Morgan fingerprint density at radius 3 is 2.69 bits per heavy atom. The maximum absolute atomic E-state index is 11.0. The van der Waals surface area contributed by atoms with Crippen molar-refractivity contribution < 1.29 is 9.59 Å². The van der Waals surface area contributed by atoms with Gasteiger partial charge in [0.1, 0.15) is 0 Å². The van der Waals surface area contributed by atoms with Crippen molar-refractivity contribution in [2.45, 2.75) is 26.2 Å². The summed E-state index contributed by atoms with van der Waals surface area (Å²) in [5.74, 6) is 0.168. The molecular weight excluding hydrogens is 296 g/mol. The Balaban J connectivity index is 3.31. The minimum absolute atomic E-state index is 0.0603. The first kappa shape index (κ1) is 13.2. The number of hydrogen-bond acceptors (Lipinski definition) is 2. The van der Waals surface area contributed by atoms with Gasteiger partial charge in [0, 0.05) is 0 Å². The molecule has 0 rings (SSSR count). The van der Waals surface area contributed by atoms with E-state index in [2.05, 4.69) is 5.32 Å². The van der Waals surface area contributed by atoms with Crippen LogP contribution in [0.1, 0.15) is 26.2 Å². The topological polar surface area (TPSA) is 46.2 Å². The number of rotatable bonds is 7. The van der Waals surface area contributed by atoms with E-state index < -0.39 is 21.1 Å². The fraction of sp³-hybridized carbons (Fsp3) is 0.750. The molecule has 0 fully saturated rings. The van der Waals surface area contributed by atoms with Crippen molar-refractivity contribution in [2.24, 2.45) is 0 Å². The molecule has 1 amide bonds. The van der Waals surface area contributed by atoms with Gasteiger partial charge in [0.05, 0.1) is 0 Å². The Hall–Kier alpha value is 0.229. The summed E-state index contributed by atoms with van der Waals surface area (Å²) in [5.41, 5.74) is 0. The molecule has 0 aliphatic carbocycles. The second kappa shape index (κ2) is 8.81. The van der Waals surface area contributed by atoms with Gasteiger partial charge in [-0.15, -0.1) is 0 Å². The Morgan fingerprint density at radius 1 is 1.46 bits per heavy atom. The molecular formula is C8H14ClNO2Sn. The van der Waals surface area contributed by atoms with Crippen LogP contribution in [0.2, 0.25) is 0 Å². The van der Waals surface area contributed by atoms with Gasteiger partial charge in [0.2, 0.25) is 0 Å². The van der Waals surface area contributed by atoms with E-state index in [1.807, 2.05) is 6.92 Å². The van der Waals surface area contributed by atoms with Crippen LogP contribution in [0.25, 0.3) is 0 Å². The van der Waals surface area contributed by atoms with E-state index in [-0.39, 0.29) is 15.6 Å². The number of hydrogen-bond donors (Lipinski definition) is 1. The van der Waals surface area contributed by atoms with E-state index in [1.165, 1.54) is 0 Å². The fourth-order valence-electron chi connectivity index (χ4n) is 0.714. The van der Waals surface area contributed by atoms with Crippen LogP contribution in [0, 0.1) is 0 Å². The second-order valence-corrected chi connectivity index (χ2v) is 6.49. The van der Waals surface area contributed by atoms with Gasteiger partial charge in [-0.2, -0.15) is 0 Å². The predicted octanol–water partition coefficient (Wildman–Crippen LogP) is 0.720. The van der Waals surface area contributed by atoms with Gasteiger partial charge < -0.3 is 0 Å². The van der Waals surface area contributed by atoms with Gasteiger partial charge in [-0.05, 0) is 0 Å². The van der Waals surface area contributed by atoms with Gasteiger partial charge in [0.25, 0.3) is 0 Å². The van der Waals surface area contributed by atoms with E-state index in [1.54, 1.807) is 0 Å². The fourth-order valence-corrected chi connectivity index (χ4v) is 3.00. The van der Waals surface area contributed by atoms with E-state index in [4.69, 9.17) is 11.6 Å². The van der Waals surface area contributed by atoms with Crippen molar-refractivity contribution in [3.63, 3.8) is 0 Å². The van der Waals surface area contributed by atoms with Crippen molar-refractivity contribution >= 4 is 42.4 Å². The molecule has 0 aliphatic rings. The molecule has 1 N–H and O–H groups in total. The van der Waals surface area contributed by atoms with Crippen LogP contribution in [0.4, 0.5) is 0 Å². The zero-order valence-corrected chi connectivity index (χ0v) is 11.3. The minimum atomic E-state index is -1.09. The second-order valence-electron chi connectivity index (χ2n) is 2.61. The van der Waals surface area contributed by atoms with Crippen molar-refractivity contribution in [3.8, 4) is 0 Å². The molecule has 0 spiro atoms. The molecule has 3 nitrogen and oxygen atoms in total. The van der Waals surface area contributed by atoms with Crippen molar-refractivity contribution in [3.05, 3.63) is 0 Å². The molecule has 0 atom stereocenters. The normalized spacial score (nSPS) is 9.69. The van der Waals surface area contributed by atoms with Crippen LogP contribution < -0.4 is 5.32 Å². The Morgan fingerprint density at radius 2 is 2.15 bits per heavy atom. The van der Waals surface area contributed by atoms with Gasteiger partial charge in [-0.1, -0.05) is 0 Å². The number of nitrogens with one attached hydrogen (secondary N) is 1. The van der Waals surface area contributed by atoms with Crippen molar-refractivity contribution in [1.82, 2.24) is 5.32 Å². The monoisotopic (exact) mass is 311 g/mol. The van der Waals surface area contributed by atoms with Gasteiger partial charge in [-0.3, -0.25) is 0 Å². The van der Waals surface area contributed by atoms with Crippen LogP contribution in [0.5, 0.6) is 0 Å². The van der Waals surface area contributed by atoms with E-state index >= 15 is 0 Å². The Kier molecular flexibility index (Phi) is 8.97. The van der Waals surface area contributed by atoms with Crippen molar-refractivity contribution in [2.75, 3.05) is 10.4 Å². The summed E-state index contributed by atoms with van der Waals surface area (Å²) in [5, 5.41) is 2.74. The first-order valence-corrected chi connectivity index (χ1v) is 8.28. The third kappa shape index (κ3) is 8.56. The molecule has 13 heavy (non-hydrogen) atoms. The van der Waals surface area contributed by atoms with E-state index in [0.29, 0.717) is 11.0 Å². The summed E-state index contributed by atoms with van der Waals surface area (Å²) in [7, 11) is 0. The zero-order chi connectivity index (χ0) is 10.1. The van der Waals surface area contributed by atoms with Gasteiger partial charge in [0.15, 0.2) is 0 Å². The maximum atomic E-state index is 11.0. The summed E-state index contributed by atoms with van der Waals surface area (Å²) in [6, 6.07) is 0. The Bertz CT molecular complexity index is 176. The molecule has 0 aromatic carbocycles. The summed E-state index contributed by atoms with van der Waals surface area (Å²) in [4.78, 5) is 21.8. The first-order chi connectivity index (χ1) is 6.20. The number of unbranched alkanes of at least 4 members (excludes halogenated alkanes) is 1. The van der Waals surface area contributed by atoms with Gasteiger partial charge >= 0.3 is 94.0 Å². The SMILES string of the molecule is CCCCC(=O)N[CH2][Sn][C](=O)CCl. The number of alkyl halides is 1. The van der Waals surface area contributed by atoms with Crippen molar-refractivity contribution in [1.29, 1.82) is 0 Å². The zero-order valence-electron chi connectivity index (χ0n) is 7.73. The number of carbonyl (C=O) groups is 2. The number of carbonyl (C=O) groups excluding carboxylic acids is 2. The molecule has 0 aromatic rings. The third-order valence-corrected chi connectivity index (χ3v) is 4.97. The van der Waals surface area contributed by atoms with E-state index in [0.717, 1.165) is 12.8 Å². The average Bonchev–Trinajstić information content (AvgIpc) is 2.14. The number of halogens is 1. The van der Waals surface area contributed by atoms with Crippen LogP contribution in [0.15, 0.2) is 0 Å². The molecule has 2 radical (unpaired) electrons. The van der Waals surface area contributed by atoms with Crippen LogP contribution in [-0.2, 0) is 9.59 Å². The molecule has 0 saturated heterocycles. The number of amides is 1. The van der Waals surface area contributed by atoms with E-state index in [9.17, 15) is 9.59 Å². The average molecular weight is 310 g/mol. The Labute approximate surface area is 93.8 Å². The summed E-state index contributed by atoms with van der Waals surface area (Å²) in [6.45, 7) is 2.04. The predicted molar refractivity (Wildman–Crippen MR) is 54.0 cm³/mol. The summed E-state index contributed by atoms with van der Waals surface area (Å²) >= 11 is 4.24. The van der Waals surface area contributed by atoms with Gasteiger partial charge in [-0.25, -0.2) is 0 Å². The van der Waals surface area contributed by atoms with Crippen LogP contribution in [-0.4, -0.2) is 41.3 Å². The molecule has 0 aromatic heterocycles. The molecule has 5 heteroatoms. The molecule has 0 heterocycles. The third-order valence-electron chi connectivity index (χ3n) is 1.45. The molecule has 74 valence electrons. The quantitative estimate of drug-likeness (QED) is 0.556. The first-order valence-electron chi connectivity index (χ1n) is 4.30. The summed E-state index contributed by atoms with van der Waals surface area (Å²) in [6.07, 6.45) is 2.51.